The number of pyridine rings is 1. The normalized spacial score (nSPS) is 14.1. The number of nitriles is 1. The van der Waals surface area contributed by atoms with Crippen molar-refractivity contribution in [3.8, 4) is 11.8 Å². The minimum absolute atomic E-state index is 0.0453. The van der Waals surface area contributed by atoms with Gasteiger partial charge in [-0.2, -0.15) is 5.26 Å². The highest BCUT2D eigenvalue weighted by molar-refractivity contribution is 6.30. The molecule has 0 aliphatic carbocycles. The van der Waals surface area contributed by atoms with Crippen LogP contribution in [-0.4, -0.2) is 35.0 Å². The van der Waals surface area contributed by atoms with Crippen LogP contribution in [0.4, 0.5) is 0 Å². The number of rotatable bonds is 3. The van der Waals surface area contributed by atoms with Crippen LogP contribution in [0.2, 0.25) is 5.02 Å². The van der Waals surface area contributed by atoms with Crippen molar-refractivity contribution in [2.24, 2.45) is 0 Å². The molecule has 6 heteroatoms. The van der Waals surface area contributed by atoms with E-state index in [1.54, 1.807) is 41.3 Å². The molecule has 0 unspecified atom stereocenters. The zero-order valence-corrected chi connectivity index (χ0v) is 12.3. The van der Waals surface area contributed by atoms with Crippen molar-refractivity contribution in [2.75, 3.05) is 13.1 Å². The molecule has 3 rings (SSSR count). The fourth-order valence-corrected chi connectivity index (χ4v) is 2.32. The Labute approximate surface area is 132 Å². The van der Waals surface area contributed by atoms with Crippen LogP contribution in [0.15, 0.2) is 42.6 Å². The van der Waals surface area contributed by atoms with Gasteiger partial charge in [0.05, 0.1) is 24.7 Å². The van der Waals surface area contributed by atoms with E-state index in [9.17, 15) is 4.79 Å². The van der Waals surface area contributed by atoms with Crippen LogP contribution in [0.5, 0.6) is 5.75 Å². The Morgan fingerprint density at radius 2 is 2.05 bits per heavy atom. The van der Waals surface area contributed by atoms with Gasteiger partial charge in [0, 0.05) is 11.2 Å². The van der Waals surface area contributed by atoms with Gasteiger partial charge in [-0.15, -0.1) is 0 Å². The lowest BCUT2D eigenvalue weighted by Gasteiger charge is -2.38. The predicted molar refractivity (Wildman–Crippen MR) is 80.7 cm³/mol. The Bertz CT molecular complexity index is 734. The third-order valence-corrected chi connectivity index (χ3v) is 3.60. The van der Waals surface area contributed by atoms with Crippen LogP contribution in [-0.2, 0) is 0 Å². The number of hydrogen-bond acceptors (Lipinski definition) is 4. The number of aromatic nitrogens is 1. The van der Waals surface area contributed by atoms with Crippen LogP contribution in [0, 0.1) is 11.3 Å². The molecule has 0 saturated carbocycles. The summed E-state index contributed by atoms with van der Waals surface area (Å²) in [4.78, 5) is 17.9. The number of hydrogen-bond donors (Lipinski definition) is 0. The molecule has 0 bridgehead atoms. The maximum atomic E-state index is 12.2. The first-order valence-electron chi connectivity index (χ1n) is 6.73. The van der Waals surface area contributed by atoms with Crippen molar-refractivity contribution in [1.29, 1.82) is 5.26 Å². The summed E-state index contributed by atoms with van der Waals surface area (Å²) < 4.78 is 5.74. The molecule has 5 nitrogen and oxygen atoms in total. The first-order chi connectivity index (χ1) is 10.7. The first kappa shape index (κ1) is 14.4. The summed E-state index contributed by atoms with van der Waals surface area (Å²) in [5.41, 5.74) is 0.925. The summed E-state index contributed by atoms with van der Waals surface area (Å²) in [5.74, 6) is 0.541. The maximum Gasteiger partial charge on any atom is 0.272 e. The van der Waals surface area contributed by atoms with Crippen molar-refractivity contribution in [2.45, 2.75) is 6.10 Å². The molecule has 1 aromatic heterocycles. The van der Waals surface area contributed by atoms with E-state index in [2.05, 4.69) is 11.1 Å². The van der Waals surface area contributed by atoms with Crippen molar-refractivity contribution in [3.05, 3.63) is 58.9 Å². The smallest absolute Gasteiger partial charge is 0.272 e. The third kappa shape index (κ3) is 3.02. The van der Waals surface area contributed by atoms with E-state index < -0.39 is 0 Å². The first-order valence-corrected chi connectivity index (χ1v) is 7.11. The number of ether oxygens (including phenoxy) is 1. The largest absolute Gasteiger partial charge is 0.487 e. The predicted octanol–water partition coefficient (Wildman–Crippen LogP) is 2.51. The molecular weight excluding hydrogens is 302 g/mol. The molecule has 2 aromatic rings. The van der Waals surface area contributed by atoms with Crippen molar-refractivity contribution < 1.29 is 9.53 Å². The Kier molecular flexibility index (Phi) is 3.94. The number of benzene rings is 1. The lowest BCUT2D eigenvalue weighted by Crippen LogP contribution is -2.56. The molecule has 1 fully saturated rings. The van der Waals surface area contributed by atoms with E-state index in [1.807, 2.05) is 0 Å². The molecule has 2 heterocycles. The van der Waals surface area contributed by atoms with Gasteiger partial charge in [-0.05, 0) is 36.4 Å². The van der Waals surface area contributed by atoms with Crippen LogP contribution in [0.1, 0.15) is 16.1 Å². The van der Waals surface area contributed by atoms with Crippen molar-refractivity contribution in [1.82, 2.24) is 9.88 Å². The van der Waals surface area contributed by atoms with E-state index in [0.717, 1.165) is 0 Å². The highest BCUT2D eigenvalue weighted by Crippen LogP contribution is 2.20. The van der Waals surface area contributed by atoms with E-state index in [1.165, 1.54) is 6.20 Å². The SMILES string of the molecule is N#Cc1ccc(OC2CN(C(=O)c3cc(Cl)ccn3)C2)cc1. The zero-order chi connectivity index (χ0) is 15.5. The Morgan fingerprint density at radius 1 is 1.32 bits per heavy atom. The van der Waals surface area contributed by atoms with Gasteiger partial charge in [0.1, 0.15) is 17.5 Å². The van der Waals surface area contributed by atoms with Gasteiger partial charge in [0.2, 0.25) is 0 Å². The highest BCUT2D eigenvalue weighted by Gasteiger charge is 2.33. The maximum absolute atomic E-state index is 12.2. The van der Waals surface area contributed by atoms with Gasteiger partial charge in [-0.1, -0.05) is 11.6 Å². The lowest BCUT2D eigenvalue weighted by atomic mass is 10.1. The highest BCUT2D eigenvalue weighted by atomic mass is 35.5. The van der Waals surface area contributed by atoms with Crippen LogP contribution in [0.3, 0.4) is 0 Å². The second-order valence-corrected chi connectivity index (χ2v) is 5.38. The fraction of sp³-hybridized carbons (Fsp3) is 0.188. The Morgan fingerprint density at radius 3 is 2.68 bits per heavy atom. The molecule has 1 aromatic carbocycles. The van der Waals surface area contributed by atoms with Crippen LogP contribution < -0.4 is 4.74 Å². The molecule has 0 N–H and O–H groups in total. The molecule has 1 amide bonds. The lowest BCUT2D eigenvalue weighted by molar-refractivity contribution is 0.0173. The monoisotopic (exact) mass is 313 g/mol. The number of amides is 1. The van der Waals surface area contributed by atoms with Crippen LogP contribution in [0.25, 0.3) is 0 Å². The van der Waals surface area contributed by atoms with E-state index in [-0.39, 0.29) is 12.0 Å². The summed E-state index contributed by atoms with van der Waals surface area (Å²) in [6.45, 7) is 1.01. The van der Waals surface area contributed by atoms with E-state index >= 15 is 0 Å². The van der Waals surface area contributed by atoms with Gasteiger partial charge < -0.3 is 9.64 Å². The molecule has 0 radical (unpaired) electrons. The topological polar surface area (TPSA) is 66.2 Å². The number of likely N-dealkylation sites (tertiary alicyclic amines) is 1. The second-order valence-electron chi connectivity index (χ2n) is 4.95. The second kappa shape index (κ2) is 6.04. The molecule has 0 spiro atoms. The minimum Gasteiger partial charge on any atom is -0.487 e. The molecule has 1 saturated heterocycles. The standard InChI is InChI=1S/C16H12ClN3O2/c17-12-5-6-19-15(7-12)16(21)20-9-14(10-20)22-13-3-1-11(8-18)2-4-13/h1-7,14H,9-10H2. The fourth-order valence-electron chi connectivity index (χ4n) is 2.16. The Hall–Kier alpha value is -2.58. The minimum atomic E-state index is -0.151. The molecule has 1 aliphatic rings. The number of carbonyl (C=O) groups is 1. The molecule has 22 heavy (non-hydrogen) atoms. The van der Waals surface area contributed by atoms with E-state index in [4.69, 9.17) is 21.6 Å². The summed E-state index contributed by atoms with van der Waals surface area (Å²) >= 11 is 5.86. The number of halogens is 1. The van der Waals surface area contributed by atoms with Gasteiger partial charge in [-0.3, -0.25) is 9.78 Å². The summed E-state index contributed by atoms with van der Waals surface area (Å²) in [5, 5.41) is 9.23. The summed E-state index contributed by atoms with van der Waals surface area (Å²) in [6.07, 6.45) is 1.47. The molecule has 110 valence electrons. The van der Waals surface area contributed by atoms with Gasteiger partial charge in [0.25, 0.3) is 5.91 Å². The molecular formula is C16H12ClN3O2. The van der Waals surface area contributed by atoms with Gasteiger partial charge in [0.15, 0.2) is 0 Å². The average molecular weight is 314 g/mol. The van der Waals surface area contributed by atoms with Gasteiger partial charge >= 0.3 is 0 Å². The Balaban J connectivity index is 1.55. The third-order valence-electron chi connectivity index (χ3n) is 3.36. The number of carbonyl (C=O) groups excluding carboxylic acids is 1. The summed E-state index contributed by atoms with van der Waals surface area (Å²) in [7, 11) is 0. The molecule has 0 atom stereocenters. The average Bonchev–Trinajstić information content (AvgIpc) is 2.50. The quantitative estimate of drug-likeness (QED) is 0.873. The van der Waals surface area contributed by atoms with E-state index in [0.29, 0.717) is 35.1 Å². The number of nitrogens with zero attached hydrogens (tertiary/aromatic N) is 3. The summed E-state index contributed by atoms with van der Waals surface area (Å²) in [6, 6.07) is 12.1. The van der Waals surface area contributed by atoms with Gasteiger partial charge in [-0.25, -0.2) is 0 Å². The van der Waals surface area contributed by atoms with Crippen LogP contribution >= 0.6 is 11.6 Å². The van der Waals surface area contributed by atoms with Crippen molar-refractivity contribution in [3.63, 3.8) is 0 Å². The zero-order valence-electron chi connectivity index (χ0n) is 11.6. The van der Waals surface area contributed by atoms with Crippen molar-refractivity contribution >= 4 is 17.5 Å². The molecule has 1 aliphatic heterocycles.